The average Bonchev–Trinajstić information content (AvgIpc) is 3.45. The van der Waals surface area contributed by atoms with Crippen molar-refractivity contribution >= 4 is 5.78 Å². The van der Waals surface area contributed by atoms with Crippen molar-refractivity contribution in [3.8, 4) is 17.2 Å². The molecule has 4 aromatic rings. The summed E-state index contributed by atoms with van der Waals surface area (Å²) in [5.41, 5.74) is 5.26. The van der Waals surface area contributed by atoms with Gasteiger partial charge in [-0.2, -0.15) is 15.3 Å². The highest BCUT2D eigenvalue weighted by atomic mass is 16.5. The Bertz CT molecular complexity index is 1510. The Hall–Kier alpha value is -3.80. The molecule has 202 valence electrons. The van der Waals surface area contributed by atoms with E-state index in [9.17, 15) is 10.1 Å². The van der Waals surface area contributed by atoms with E-state index in [0.717, 1.165) is 66.5 Å². The Morgan fingerprint density at radius 2 is 1.87 bits per heavy atom. The molecule has 8 nitrogen and oxygen atoms in total. The largest absolute Gasteiger partial charge is 0.396 e. The molecule has 1 aliphatic rings. The molecule has 2 aromatic heterocycles. The smallest absolute Gasteiger partial charge is 0.259 e. The summed E-state index contributed by atoms with van der Waals surface area (Å²) in [6, 6.07) is 18.0. The minimum atomic E-state index is 0.0162. The fourth-order valence-corrected chi connectivity index (χ4v) is 5.70. The van der Waals surface area contributed by atoms with E-state index in [-0.39, 0.29) is 24.3 Å². The Kier molecular flexibility index (Phi) is 8.50. The third-order valence-corrected chi connectivity index (χ3v) is 7.67. The van der Waals surface area contributed by atoms with Crippen molar-refractivity contribution in [2.75, 3.05) is 13.2 Å². The lowest BCUT2D eigenvalue weighted by Gasteiger charge is -2.30. The standard InChI is InChI=1S/C31H35N5O3/c1-2-6-29-28(19-22-9-11-23(12-10-22)27-8-4-3-7-24(27)20-32)30(38)35(31-33-21-34-36(29)31)25-13-15-26(16-14-25)39-18-5-17-37/h3-4,7-12,21,25-26,37H,2,5-6,13-19H2,1H3/t25-,26-. The van der Waals surface area contributed by atoms with Crippen LogP contribution >= 0.6 is 0 Å². The van der Waals surface area contributed by atoms with Crippen LogP contribution in [0.3, 0.4) is 0 Å². The van der Waals surface area contributed by atoms with Gasteiger partial charge < -0.3 is 9.84 Å². The molecule has 0 spiro atoms. The van der Waals surface area contributed by atoms with E-state index in [4.69, 9.17) is 9.84 Å². The maximum Gasteiger partial charge on any atom is 0.259 e. The highest BCUT2D eigenvalue weighted by molar-refractivity contribution is 5.70. The van der Waals surface area contributed by atoms with Gasteiger partial charge >= 0.3 is 0 Å². The molecule has 1 N–H and O–H groups in total. The topological polar surface area (TPSA) is 105 Å². The summed E-state index contributed by atoms with van der Waals surface area (Å²) in [5, 5.41) is 23.1. The summed E-state index contributed by atoms with van der Waals surface area (Å²) in [4.78, 5) is 18.6. The van der Waals surface area contributed by atoms with Gasteiger partial charge in [-0.3, -0.25) is 9.36 Å². The van der Waals surface area contributed by atoms with E-state index >= 15 is 0 Å². The first kappa shape index (κ1) is 26.8. The van der Waals surface area contributed by atoms with Crippen molar-refractivity contribution in [3.63, 3.8) is 0 Å². The molecule has 2 heterocycles. The molecule has 0 saturated heterocycles. The van der Waals surface area contributed by atoms with Gasteiger partial charge in [0.05, 0.1) is 23.4 Å². The molecule has 0 aliphatic heterocycles. The number of hydrogen-bond acceptors (Lipinski definition) is 6. The van der Waals surface area contributed by atoms with Crippen molar-refractivity contribution in [1.82, 2.24) is 19.2 Å². The van der Waals surface area contributed by atoms with Crippen molar-refractivity contribution in [1.29, 1.82) is 5.26 Å². The zero-order valence-corrected chi connectivity index (χ0v) is 22.4. The summed E-state index contributed by atoms with van der Waals surface area (Å²) in [6.45, 7) is 2.81. The molecule has 39 heavy (non-hydrogen) atoms. The number of aliphatic hydroxyl groups excluding tert-OH is 1. The summed E-state index contributed by atoms with van der Waals surface area (Å²) in [7, 11) is 0. The number of aliphatic hydroxyl groups is 1. The third-order valence-electron chi connectivity index (χ3n) is 7.67. The SMILES string of the molecule is CCCc1c(Cc2ccc(-c3ccccc3C#N)cc2)c(=O)n([C@H]2CC[C@H](OCCCO)CC2)c2ncnn12. The lowest BCUT2D eigenvalue weighted by molar-refractivity contribution is 0.0131. The maximum atomic E-state index is 14.1. The van der Waals surface area contributed by atoms with Crippen LogP contribution in [0.4, 0.5) is 0 Å². The Morgan fingerprint density at radius 1 is 1.10 bits per heavy atom. The van der Waals surface area contributed by atoms with Gasteiger partial charge in [-0.05, 0) is 61.3 Å². The van der Waals surface area contributed by atoms with E-state index in [1.807, 2.05) is 57.6 Å². The first-order chi connectivity index (χ1) is 19.1. The van der Waals surface area contributed by atoms with Gasteiger partial charge in [-0.1, -0.05) is 55.8 Å². The highest BCUT2D eigenvalue weighted by Crippen LogP contribution is 2.31. The Labute approximate surface area is 228 Å². The number of fused-ring (bicyclic) bond motifs is 1. The summed E-state index contributed by atoms with van der Waals surface area (Å²) in [6.07, 6.45) is 7.92. The molecule has 8 heteroatoms. The minimum absolute atomic E-state index is 0.0162. The number of aromatic nitrogens is 4. The quantitative estimate of drug-likeness (QED) is 0.297. The Morgan fingerprint density at radius 3 is 2.59 bits per heavy atom. The molecular weight excluding hydrogens is 490 g/mol. The second-order valence-corrected chi connectivity index (χ2v) is 10.2. The lowest BCUT2D eigenvalue weighted by Crippen LogP contribution is -2.35. The van der Waals surface area contributed by atoms with Crippen molar-refractivity contribution in [2.24, 2.45) is 0 Å². The maximum absolute atomic E-state index is 14.1. The average molecular weight is 526 g/mol. The highest BCUT2D eigenvalue weighted by Gasteiger charge is 2.28. The molecule has 0 unspecified atom stereocenters. The number of aryl methyl sites for hydroxylation is 1. The fourth-order valence-electron chi connectivity index (χ4n) is 5.70. The first-order valence-corrected chi connectivity index (χ1v) is 13.9. The van der Waals surface area contributed by atoms with Crippen LogP contribution in [0.25, 0.3) is 16.9 Å². The predicted molar refractivity (Wildman–Crippen MR) is 150 cm³/mol. The van der Waals surface area contributed by atoms with Crippen LogP contribution in [0.1, 0.15) is 73.9 Å². The van der Waals surface area contributed by atoms with Gasteiger partial charge in [0, 0.05) is 31.2 Å². The normalized spacial score (nSPS) is 17.4. The van der Waals surface area contributed by atoms with Crippen LogP contribution < -0.4 is 5.56 Å². The molecule has 0 radical (unpaired) electrons. The van der Waals surface area contributed by atoms with Gasteiger partial charge in [0.2, 0.25) is 5.78 Å². The van der Waals surface area contributed by atoms with E-state index in [1.165, 1.54) is 0 Å². The number of nitriles is 1. The zero-order chi connectivity index (χ0) is 27.2. The molecule has 2 aromatic carbocycles. The number of ether oxygens (including phenoxy) is 1. The van der Waals surface area contributed by atoms with E-state index in [0.29, 0.717) is 30.8 Å². The van der Waals surface area contributed by atoms with Crippen LogP contribution in [0.5, 0.6) is 0 Å². The number of benzene rings is 2. The second kappa shape index (κ2) is 12.4. The minimum Gasteiger partial charge on any atom is -0.396 e. The monoisotopic (exact) mass is 525 g/mol. The first-order valence-electron chi connectivity index (χ1n) is 13.9. The van der Waals surface area contributed by atoms with Crippen molar-refractivity contribution in [3.05, 3.63) is 87.6 Å². The van der Waals surface area contributed by atoms with Gasteiger partial charge in [-0.15, -0.1) is 0 Å². The Balaban J connectivity index is 1.46. The van der Waals surface area contributed by atoms with Crippen LogP contribution in [0.15, 0.2) is 59.7 Å². The van der Waals surface area contributed by atoms with Crippen LogP contribution in [-0.4, -0.2) is 43.6 Å². The molecule has 0 atom stereocenters. The van der Waals surface area contributed by atoms with E-state index in [1.54, 1.807) is 6.33 Å². The molecule has 5 rings (SSSR count). The van der Waals surface area contributed by atoms with Crippen LogP contribution in [0, 0.1) is 11.3 Å². The van der Waals surface area contributed by atoms with Crippen molar-refractivity contribution in [2.45, 2.75) is 70.4 Å². The number of nitrogens with zero attached hydrogens (tertiary/aromatic N) is 5. The van der Waals surface area contributed by atoms with E-state index < -0.39 is 0 Å². The molecule has 1 saturated carbocycles. The van der Waals surface area contributed by atoms with Crippen LogP contribution in [-0.2, 0) is 17.6 Å². The fraction of sp³-hybridized carbons (Fsp3) is 0.419. The molecule has 0 bridgehead atoms. The number of hydrogen-bond donors (Lipinski definition) is 1. The summed E-state index contributed by atoms with van der Waals surface area (Å²) >= 11 is 0. The van der Waals surface area contributed by atoms with Gasteiger partial charge in [0.25, 0.3) is 5.56 Å². The van der Waals surface area contributed by atoms with Crippen LogP contribution in [0.2, 0.25) is 0 Å². The number of rotatable bonds is 10. The third kappa shape index (κ3) is 5.65. The molecular formula is C31H35N5O3. The molecule has 1 fully saturated rings. The zero-order valence-electron chi connectivity index (χ0n) is 22.4. The predicted octanol–water partition coefficient (Wildman–Crippen LogP) is 4.86. The van der Waals surface area contributed by atoms with Gasteiger partial charge in [-0.25, -0.2) is 4.52 Å². The van der Waals surface area contributed by atoms with Crippen molar-refractivity contribution < 1.29 is 9.84 Å². The van der Waals surface area contributed by atoms with E-state index in [2.05, 4.69) is 23.1 Å². The summed E-state index contributed by atoms with van der Waals surface area (Å²) < 4.78 is 9.65. The van der Waals surface area contributed by atoms with Gasteiger partial charge in [0.1, 0.15) is 6.33 Å². The second-order valence-electron chi connectivity index (χ2n) is 10.2. The lowest BCUT2D eigenvalue weighted by atomic mass is 9.92. The van der Waals surface area contributed by atoms with Gasteiger partial charge in [0.15, 0.2) is 0 Å². The molecule has 0 amide bonds. The summed E-state index contributed by atoms with van der Waals surface area (Å²) in [5.74, 6) is 0.611. The molecule has 1 aliphatic carbocycles.